The van der Waals surface area contributed by atoms with E-state index in [9.17, 15) is 18.0 Å². The van der Waals surface area contributed by atoms with Crippen LogP contribution in [0.1, 0.15) is 18.4 Å². The molecule has 2 aromatic rings. The molecule has 2 amide bonds. The molecule has 2 aromatic carbocycles. The van der Waals surface area contributed by atoms with Gasteiger partial charge in [0.2, 0.25) is 11.8 Å². The molecule has 6 nitrogen and oxygen atoms in total. The third-order valence-electron chi connectivity index (χ3n) is 5.17. The molecule has 1 aliphatic heterocycles. The molecule has 0 N–H and O–H groups in total. The molecule has 30 heavy (non-hydrogen) atoms. The molecule has 0 atom stereocenters. The molecule has 0 aromatic heterocycles. The van der Waals surface area contributed by atoms with Gasteiger partial charge in [0.05, 0.1) is 4.90 Å². The number of benzene rings is 2. The van der Waals surface area contributed by atoms with Crippen LogP contribution in [0.4, 0.5) is 0 Å². The SMILES string of the molecule is O=C(CCCc1ccccc1)N1CCN(C(=O)CS(=O)(=O)c2ccc(Cl)cc2)CC1. The molecule has 1 fully saturated rings. The van der Waals surface area contributed by atoms with Crippen molar-refractivity contribution in [2.75, 3.05) is 31.9 Å². The second-order valence-corrected chi connectivity index (χ2v) is 9.74. The van der Waals surface area contributed by atoms with Gasteiger partial charge in [0, 0.05) is 37.6 Å². The number of piperazine rings is 1. The van der Waals surface area contributed by atoms with E-state index in [4.69, 9.17) is 11.6 Å². The van der Waals surface area contributed by atoms with Crippen LogP contribution < -0.4 is 0 Å². The maximum Gasteiger partial charge on any atom is 0.238 e. The lowest BCUT2D eigenvalue weighted by molar-refractivity contribution is -0.138. The zero-order valence-corrected chi connectivity index (χ0v) is 18.2. The van der Waals surface area contributed by atoms with Crippen LogP contribution in [0, 0.1) is 0 Å². The molecule has 160 valence electrons. The minimum atomic E-state index is -3.72. The number of hydrogen-bond donors (Lipinski definition) is 0. The minimum Gasteiger partial charge on any atom is -0.339 e. The van der Waals surface area contributed by atoms with E-state index in [-0.39, 0.29) is 10.8 Å². The smallest absolute Gasteiger partial charge is 0.238 e. The van der Waals surface area contributed by atoms with E-state index in [1.165, 1.54) is 34.7 Å². The Bertz CT molecular complexity index is 970. The molecule has 0 bridgehead atoms. The molecule has 0 radical (unpaired) electrons. The van der Waals surface area contributed by atoms with Crippen molar-refractivity contribution in [2.45, 2.75) is 24.2 Å². The van der Waals surface area contributed by atoms with Crippen molar-refractivity contribution in [1.29, 1.82) is 0 Å². The van der Waals surface area contributed by atoms with Crippen molar-refractivity contribution >= 4 is 33.3 Å². The fourth-order valence-electron chi connectivity index (χ4n) is 3.43. The molecular formula is C22H25ClN2O4S. The predicted octanol–water partition coefficient (Wildman–Crippen LogP) is 2.81. The van der Waals surface area contributed by atoms with Crippen LogP contribution >= 0.6 is 11.6 Å². The molecule has 0 aliphatic carbocycles. The Morgan fingerprint density at radius 2 is 1.40 bits per heavy atom. The Balaban J connectivity index is 1.44. The van der Waals surface area contributed by atoms with E-state index >= 15 is 0 Å². The minimum absolute atomic E-state index is 0.0758. The molecule has 0 unspecified atom stereocenters. The molecule has 3 rings (SSSR count). The third kappa shape index (κ3) is 6.06. The molecule has 1 heterocycles. The van der Waals surface area contributed by atoms with Crippen molar-refractivity contribution in [3.05, 3.63) is 65.2 Å². The van der Waals surface area contributed by atoms with Crippen molar-refractivity contribution in [1.82, 2.24) is 9.80 Å². The van der Waals surface area contributed by atoms with Crippen LogP contribution in [0.3, 0.4) is 0 Å². The average molecular weight is 449 g/mol. The number of aryl methyl sites for hydroxylation is 1. The van der Waals surface area contributed by atoms with E-state index in [0.29, 0.717) is 37.6 Å². The highest BCUT2D eigenvalue weighted by atomic mass is 35.5. The van der Waals surface area contributed by atoms with E-state index < -0.39 is 21.5 Å². The predicted molar refractivity (Wildman–Crippen MR) is 116 cm³/mol. The normalized spacial score (nSPS) is 14.6. The summed E-state index contributed by atoms with van der Waals surface area (Å²) in [5.41, 5.74) is 1.21. The first-order chi connectivity index (χ1) is 14.3. The number of nitrogens with zero attached hydrogens (tertiary/aromatic N) is 2. The summed E-state index contributed by atoms with van der Waals surface area (Å²) < 4.78 is 24.9. The van der Waals surface area contributed by atoms with E-state index in [1.807, 2.05) is 30.3 Å². The summed E-state index contributed by atoms with van der Waals surface area (Å²) in [5, 5.41) is 0.435. The van der Waals surface area contributed by atoms with Crippen LogP contribution in [0.2, 0.25) is 5.02 Å². The highest BCUT2D eigenvalue weighted by Crippen LogP contribution is 2.16. The summed E-state index contributed by atoms with van der Waals surface area (Å²) in [7, 11) is -3.72. The summed E-state index contributed by atoms with van der Waals surface area (Å²) in [4.78, 5) is 28.2. The fourth-order valence-corrected chi connectivity index (χ4v) is 4.78. The zero-order chi connectivity index (χ0) is 21.6. The standard InChI is InChI=1S/C22H25ClN2O4S/c23-19-9-11-20(12-10-19)30(28,29)17-22(27)25-15-13-24(14-16-25)21(26)8-4-7-18-5-2-1-3-6-18/h1-3,5-6,9-12H,4,7-8,13-17H2. The van der Waals surface area contributed by atoms with Crippen molar-refractivity contribution < 1.29 is 18.0 Å². The molecule has 0 saturated carbocycles. The summed E-state index contributed by atoms with van der Waals surface area (Å²) in [5.74, 6) is -0.951. The lowest BCUT2D eigenvalue weighted by atomic mass is 10.1. The Kier molecular flexibility index (Phi) is 7.50. The monoisotopic (exact) mass is 448 g/mol. The summed E-state index contributed by atoms with van der Waals surface area (Å²) in [6, 6.07) is 15.8. The summed E-state index contributed by atoms with van der Waals surface area (Å²) in [6.07, 6.45) is 2.10. The Hall–Kier alpha value is -2.38. The molecule has 1 aliphatic rings. The Labute approximate surface area is 182 Å². The van der Waals surface area contributed by atoms with Gasteiger partial charge in [-0.15, -0.1) is 0 Å². The van der Waals surface area contributed by atoms with E-state index in [2.05, 4.69) is 0 Å². The summed E-state index contributed by atoms with van der Waals surface area (Å²) in [6.45, 7) is 1.55. The molecule has 0 spiro atoms. The number of hydrogen-bond acceptors (Lipinski definition) is 4. The van der Waals surface area contributed by atoms with Gasteiger partial charge in [0.15, 0.2) is 9.84 Å². The highest BCUT2D eigenvalue weighted by molar-refractivity contribution is 7.92. The topological polar surface area (TPSA) is 74.8 Å². The summed E-state index contributed by atoms with van der Waals surface area (Å²) >= 11 is 5.79. The van der Waals surface area contributed by atoms with Crippen LogP contribution in [-0.4, -0.2) is 62.0 Å². The second-order valence-electron chi connectivity index (χ2n) is 7.31. The Morgan fingerprint density at radius 3 is 2.00 bits per heavy atom. The first kappa shape index (κ1) is 22.3. The number of sulfone groups is 1. The number of amides is 2. The van der Waals surface area contributed by atoms with Gasteiger partial charge in [0.1, 0.15) is 5.75 Å². The van der Waals surface area contributed by atoms with Gasteiger partial charge in [-0.1, -0.05) is 41.9 Å². The average Bonchev–Trinajstić information content (AvgIpc) is 2.74. The number of rotatable bonds is 7. The van der Waals surface area contributed by atoms with E-state index in [1.54, 1.807) is 4.90 Å². The maximum atomic E-state index is 12.5. The molecule has 8 heteroatoms. The second kappa shape index (κ2) is 10.1. The van der Waals surface area contributed by atoms with Gasteiger partial charge in [-0.25, -0.2) is 8.42 Å². The Morgan fingerprint density at radius 1 is 0.833 bits per heavy atom. The first-order valence-electron chi connectivity index (χ1n) is 9.93. The number of halogens is 1. The van der Waals surface area contributed by atoms with Crippen LogP contribution in [0.25, 0.3) is 0 Å². The van der Waals surface area contributed by atoms with Gasteiger partial charge in [0.25, 0.3) is 0 Å². The maximum absolute atomic E-state index is 12.5. The first-order valence-corrected chi connectivity index (χ1v) is 12.0. The van der Waals surface area contributed by atoms with Crippen LogP contribution in [0.15, 0.2) is 59.5 Å². The van der Waals surface area contributed by atoms with Crippen LogP contribution in [0.5, 0.6) is 0 Å². The van der Waals surface area contributed by atoms with Gasteiger partial charge >= 0.3 is 0 Å². The number of carbonyl (C=O) groups is 2. The van der Waals surface area contributed by atoms with E-state index in [0.717, 1.165) is 12.8 Å². The van der Waals surface area contributed by atoms with Gasteiger partial charge in [-0.2, -0.15) is 0 Å². The quantitative estimate of drug-likeness (QED) is 0.652. The van der Waals surface area contributed by atoms with Gasteiger partial charge in [-0.3, -0.25) is 9.59 Å². The van der Waals surface area contributed by atoms with Crippen molar-refractivity contribution in [3.8, 4) is 0 Å². The van der Waals surface area contributed by atoms with Gasteiger partial charge < -0.3 is 9.80 Å². The largest absolute Gasteiger partial charge is 0.339 e. The molecule has 1 saturated heterocycles. The highest BCUT2D eigenvalue weighted by Gasteiger charge is 2.27. The number of carbonyl (C=O) groups excluding carboxylic acids is 2. The molecular weight excluding hydrogens is 424 g/mol. The lowest BCUT2D eigenvalue weighted by Crippen LogP contribution is -2.51. The fraction of sp³-hybridized carbons (Fsp3) is 0.364. The van der Waals surface area contributed by atoms with Crippen molar-refractivity contribution in [3.63, 3.8) is 0 Å². The van der Waals surface area contributed by atoms with Gasteiger partial charge in [-0.05, 0) is 42.7 Å². The zero-order valence-electron chi connectivity index (χ0n) is 16.7. The lowest BCUT2D eigenvalue weighted by Gasteiger charge is -2.34. The van der Waals surface area contributed by atoms with Crippen molar-refractivity contribution in [2.24, 2.45) is 0 Å². The van der Waals surface area contributed by atoms with Crippen LogP contribution in [-0.2, 0) is 25.8 Å². The third-order valence-corrected chi connectivity index (χ3v) is 7.04.